The molecule has 18 heavy (non-hydrogen) atoms. The summed E-state index contributed by atoms with van der Waals surface area (Å²) < 4.78 is 0. The average Bonchev–Trinajstić information content (AvgIpc) is 2.37. The minimum absolute atomic E-state index is 0.0866. The summed E-state index contributed by atoms with van der Waals surface area (Å²) in [6.07, 6.45) is 0. The van der Waals surface area contributed by atoms with Crippen molar-refractivity contribution in [2.75, 3.05) is 13.1 Å². The Bertz CT molecular complexity index is 551. The van der Waals surface area contributed by atoms with Gasteiger partial charge in [0.05, 0.1) is 6.54 Å². The van der Waals surface area contributed by atoms with E-state index in [1.165, 1.54) is 10.8 Å². The third-order valence-corrected chi connectivity index (χ3v) is 3.03. The van der Waals surface area contributed by atoms with Crippen LogP contribution in [0, 0.1) is 0 Å². The Morgan fingerprint density at radius 3 is 2.56 bits per heavy atom. The lowest BCUT2D eigenvalue weighted by molar-refractivity contribution is -0.138. The predicted octanol–water partition coefficient (Wildman–Crippen LogP) is 2.75. The van der Waals surface area contributed by atoms with Crippen LogP contribution in [0.1, 0.15) is 12.5 Å². The van der Waals surface area contributed by atoms with Crippen LogP contribution < -0.4 is 0 Å². The molecule has 0 spiro atoms. The van der Waals surface area contributed by atoms with Gasteiger partial charge in [-0.05, 0) is 28.9 Å². The van der Waals surface area contributed by atoms with Gasteiger partial charge in [-0.1, -0.05) is 43.3 Å². The molecular formula is C15H17NO2. The summed E-state index contributed by atoms with van der Waals surface area (Å²) in [5.74, 6) is -0.780. The highest BCUT2D eigenvalue weighted by atomic mass is 16.4. The molecule has 3 nitrogen and oxygen atoms in total. The van der Waals surface area contributed by atoms with E-state index in [1.807, 2.05) is 24.0 Å². The van der Waals surface area contributed by atoms with E-state index in [2.05, 4.69) is 30.3 Å². The maximum absolute atomic E-state index is 10.7. The van der Waals surface area contributed by atoms with E-state index >= 15 is 0 Å². The summed E-state index contributed by atoms with van der Waals surface area (Å²) >= 11 is 0. The van der Waals surface area contributed by atoms with Crippen LogP contribution in [0.5, 0.6) is 0 Å². The molecule has 0 amide bonds. The number of carbonyl (C=O) groups is 1. The lowest BCUT2D eigenvalue weighted by Gasteiger charge is -2.18. The summed E-state index contributed by atoms with van der Waals surface area (Å²) in [5.41, 5.74) is 1.15. The predicted molar refractivity (Wildman–Crippen MR) is 72.5 cm³/mol. The molecule has 0 aliphatic rings. The molecule has 0 saturated heterocycles. The summed E-state index contributed by atoms with van der Waals surface area (Å²) in [4.78, 5) is 12.6. The van der Waals surface area contributed by atoms with E-state index in [0.717, 1.165) is 12.1 Å². The van der Waals surface area contributed by atoms with Crippen molar-refractivity contribution in [1.82, 2.24) is 4.90 Å². The van der Waals surface area contributed by atoms with Crippen molar-refractivity contribution < 1.29 is 9.90 Å². The Balaban J connectivity index is 2.17. The zero-order chi connectivity index (χ0) is 13.0. The quantitative estimate of drug-likeness (QED) is 0.877. The minimum atomic E-state index is -0.780. The summed E-state index contributed by atoms with van der Waals surface area (Å²) in [6, 6.07) is 14.5. The number of carboxylic acid groups (broad SMARTS) is 1. The van der Waals surface area contributed by atoms with Crippen molar-refractivity contribution in [3.8, 4) is 0 Å². The Hall–Kier alpha value is -1.87. The monoisotopic (exact) mass is 243 g/mol. The highest BCUT2D eigenvalue weighted by molar-refractivity contribution is 5.83. The van der Waals surface area contributed by atoms with Gasteiger partial charge in [-0.2, -0.15) is 0 Å². The first-order valence-electron chi connectivity index (χ1n) is 6.11. The van der Waals surface area contributed by atoms with Crippen molar-refractivity contribution in [2.45, 2.75) is 13.5 Å². The molecule has 0 aliphatic carbocycles. The van der Waals surface area contributed by atoms with Crippen LogP contribution in [0.3, 0.4) is 0 Å². The van der Waals surface area contributed by atoms with Crippen molar-refractivity contribution in [2.24, 2.45) is 0 Å². The molecule has 2 aromatic carbocycles. The fraction of sp³-hybridized carbons (Fsp3) is 0.267. The van der Waals surface area contributed by atoms with Crippen molar-refractivity contribution in [3.63, 3.8) is 0 Å². The lowest BCUT2D eigenvalue weighted by Crippen LogP contribution is -2.29. The van der Waals surface area contributed by atoms with Gasteiger partial charge in [-0.25, -0.2) is 0 Å². The van der Waals surface area contributed by atoms with E-state index in [0.29, 0.717) is 6.54 Å². The molecule has 94 valence electrons. The normalized spacial score (nSPS) is 11.0. The molecule has 0 aromatic heterocycles. The molecular weight excluding hydrogens is 226 g/mol. The van der Waals surface area contributed by atoms with Crippen LogP contribution in [-0.2, 0) is 11.3 Å². The number of fused-ring (bicyclic) bond motifs is 1. The van der Waals surface area contributed by atoms with Gasteiger partial charge < -0.3 is 5.11 Å². The number of rotatable bonds is 5. The molecule has 0 fully saturated rings. The van der Waals surface area contributed by atoms with Crippen LogP contribution in [-0.4, -0.2) is 29.1 Å². The third kappa shape index (κ3) is 3.08. The first kappa shape index (κ1) is 12.6. The Kier molecular flexibility index (Phi) is 3.95. The maximum Gasteiger partial charge on any atom is 0.317 e. The first-order chi connectivity index (χ1) is 8.69. The number of nitrogens with zero attached hydrogens (tertiary/aromatic N) is 1. The van der Waals surface area contributed by atoms with Gasteiger partial charge in [-0.3, -0.25) is 9.69 Å². The Morgan fingerprint density at radius 2 is 1.89 bits per heavy atom. The van der Waals surface area contributed by atoms with Gasteiger partial charge in [0.15, 0.2) is 0 Å². The molecule has 3 heteroatoms. The minimum Gasteiger partial charge on any atom is -0.480 e. The van der Waals surface area contributed by atoms with Crippen LogP contribution in [0.2, 0.25) is 0 Å². The smallest absolute Gasteiger partial charge is 0.317 e. The van der Waals surface area contributed by atoms with Crippen molar-refractivity contribution in [1.29, 1.82) is 0 Å². The van der Waals surface area contributed by atoms with Gasteiger partial charge in [-0.15, -0.1) is 0 Å². The number of carboxylic acids is 1. The highest BCUT2D eigenvalue weighted by Gasteiger charge is 2.08. The van der Waals surface area contributed by atoms with Crippen LogP contribution in [0.4, 0.5) is 0 Å². The zero-order valence-corrected chi connectivity index (χ0v) is 10.5. The summed E-state index contributed by atoms with van der Waals surface area (Å²) in [6.45, 7) is 3.47. The van der Waals surface area contributed by atoms with E-state index in [9.17, 15) is 4.79 Å². The molecule has 0 bridgehead atoms. The Labute approximate surface area is 107 Å². The SMILES string of the molecule is CCN(CC(=O)O)Cc1ccc2ccccc2c1. The number of likely N-dealkylation sites (N-methyl/N-ethyl adjacent to an activating group) is 1. The first-order valence-corrected chi connectivity index (χ1v) is 6.11. The Morgan fingerprint density at radius 1 is 1.17 bits per heavy atom. The zero-order valence-electron chi connectivity index (χ0n) is 10.5. The molecule has 0 heterocycles. The van der Waals surface area contributed by atoms with Gasteiger partial charge in [0, 0.05) is 6.54 Å². The molecule has 0 aliphatic heterocycles. The fourth-order valence-corrected chi connectivity index (χ4v) is 2.07. The van der Waals surface area contributed by atoms with Crippen LogP contribution >= 0.6 is 0 Å². The molecule has 0 atom stereocenters. The van der Waals surface area contributed by atoms with Crippen molar-refractivity contribution in [3.05, 3.63) is 48.0 Å². The summed E-state index contributed by atoms with van der Waals surface area (Å²) in [5, 5.41) is 11.2. The topological polar surface area (TPSA) is 40.5 Å². The molecule has 2 aromatic rings. The molecule has 0 radical (unpaired) electrons. The second-order valence-electron chi connectivity index (χ2n) is 4.38. The summed E-state index contributed by atoms with van der Waals surface area (Å²) in [7, 11) is 0. The molecule has 0 saturated carbocycles. The fourth-order valence-electron chi connectivity index (χ4n) is 2.07. The second-order valence-corrected chi connectivity index (χ2v) is 4.38. The largest absolute Gasteiger partial charge is 0.480 e. The van der Waals surface area contributed by atoms with E-state index < -0.39 is 5.97 Å². The highest BCUT2D eigenvalue weighted by Crippen LogP contribution is 2.16. The lowest BCUT2D eigenvalue weighted by atomic mass is 10.1. The van der Waals surface area contributed by atoms with Gasteiger partial charge in [0.25, 0.3) is 0 Å². The molecule has 2 rings (SSSR count). The number of hydrogen-bond acceptors (Lipinski definition) is 2. The van der Waals surface area contributed by atoms with Gasteiger partial charge >= 0.3 is 5.97 Å². The third-order valence-electron chi connectivity index (χ3n) is 3.03. The van der Waals surface area contributed by atoms with E-state index in [1.54, 1.807) is 0 Å². The van der Waals surface area contributed by atoms with E-state index in [-0.39, 0.29) is 6.54 Å². The van der Waals surface area contributed by atoms with Crippen LogP contribution in [0.15, 0.2) is 42.5 Å². The van der Waals surface area contributed by atoms with Gasteiger partial charge in [0.2, 0.25) is 0 Å². The number of benzene rings is 2. The molecule has 1 N–H and O–H groups in total. The van der Waals surface area contributed by atoms with Crippen LogP contribution in [0.25, 0.3) is 10.8 Å². The molecule has 0 unspecified atom stereocenters. The van der Waals surface area contributed by atoms with Crippen molar-refractivity contribution >= 4 is 16.7 Å². The average molecular weight is 243 g/mol. The maximum atomic E-state index is 10.7. The number of hydrogen-bond donors (Lipinski definition) is 1. The second kappa shape index (κ2) is 5.65. The number of aliphatic carboxylic acids is 1. The van der Waals surface area contributed by atoms with Gasteiger partial charge in [0.1, 0.15) is 0 Å². The van der Waals surface area contributed by atoms with E-state index in [4.69, 9.17) is 5.11 Å². The standard InChI is InChI=1S/C15H17NO2/c1-2-16(11-15(17)18)10-12-7-8-13-5-3-4-6-14(13)9-12/h3-9H,2,10-11H2,1H3,(H,17,18).